The molecule has 0 bridgehead atoms. The molecule has 1 N–H and O–H groups in total. The van der Waals surface area contributed by atoms with E-state index in [1.54, 1.807) is 12.1 Å². The second-order valence-corrected chi connectivity index (χ2v) is 8.66. The largest absolute Gasteiger partial charge is 0.465 e. The van der Waals surface area contributed by atoms with Gasteiger partial charge in [-0.3, -0.25) is 4.79 Å². The van der Waals surface area contributed by atoms with E-state index in [0.717, 1.165) is 5.69 Å². The maximum absolute atomic E-state index is 12.1. The standard InChI is InChI=1S/C19H26BrNO5/c1-18(2,3)26-16(22)12-19(24)9-10-21(15(20)11-19)14-7-5-13(6-8-14)17(23)25-4/h5-8,15,24H,9-12H2,1-4H3. The molecule has 1 heterocycles. The van der Waals surface area contributed by atoms with Crippen LogP contribution in [-0.2, 0) is 14.3 Å². The monoisotopic (exact) mass is 427 g/mol. The van der Waals surface area contributed by atoms with Gasteiger partial charge in [0, 0.05) is 18.7 Å². The number of alkyl halides is 1. The average molecular weight is 428 g/mol. The fourth-order valence-electron chi connectivity index (χ4n) is 3.00. The fraction of sp³-hybridized carbons (Fsp3) is 0.579. The molecule has 0 aromatic heterocycles. The van der Waals surface area contributed by atoms with Crippen molar-refractivity contribution < 1.29 is 24.2 Å². The predicted molar refractivity (Wildman–Crippen MR) is 102 cm³/mol. The van der Waals surface area contributed by atoms with Crippen LogP contribution in [0.25, 0.3) is 0 Å². The number of esters is 2. The molecule has 7 heteroatoms. The summed E-state index contributed by atoms with van der Waals surface area (Å²) in [5, 5.41) is 10.8. The fourth-order valence-corrected chi connectivity index (χ4v) is 4.04. The van der Waals surface area contributed by atoms with Crippen LogP contribution in [0.4, 0.5) is 5.69 Å². The minimum absolute atomic E-state index is 0.0263. The molecule has 1 aromatic rings. The second kappa shape index (κ2) is 7.96. The first-order valence-electron chi connectivity index (χ1n) is 8.56. The quantitative estimate of drug-likeness (QED) is 0.451. The molecular formula is C19H26BrNO5. The minimum atomic E-state index is -1.10. The van der Waals surface area contributed by atoms with Crippen molar-refractivity contribution >= 4 is 33.6 Å². The number of benzene rings is 1. The highest BCUT2D eigenvalue weighted by molar-refractivity contribution is 9.09. The van der Waals surface area contributed by atoms with E-state index in [4.69, 9.17) is 9.47 Å². The number of ether oxygens (including phenoxy) is 2. The molecule has 144 valence electrons. The molecule has 2 rings (SSSR count). The summed E-state index contributed by atoms with van der Waals surface area (Å²) in [6.45, 7) is 6.00. The minimum Gasteiger partial charge on any atom is -0.465 e. The van der Waals surface area contributed by atoms with E-state index < -0.39 is 17.2 Å². The van der Waals surface area contributed by atoms with E-state index in [9.17, 15) is 14.7 Å². The molecule has 1 aliphatic rings. The Morgan fingerprint density at radius 3 is 2.42 bits per heavy atom. The van der Waals surface area contributed by atoms with Crippen molar-refractivity contribution in [2.75, 3.05) is 18.6 Å². The van der Waals surface area contributed by atoms with Crippen molar-refractivity contribution in [2.24, 2.45) is 0 Å². The second-order valence-electron chi connectivity index (χ2n) is 7.61. The number of methoxy groups -OCH3 is 1. The molecule has 6 nitrogen and oxygen atoms in total. The summed E-state index contributed by atoms with van der Waals surface area (Å²) in [6, 6.07) is 7.11. The SMILES string of the molecule is COC(=O)c1ccc(N2CCC(O)(CC(=O)OC(C)(C)C)CC2Br)cc1. The molecule has 1 aromatic carbocycles. The molecule has 2 atom stereocenters. The van der Waals surface area contributed by atoms with Gasteiger partial charge < -0.3 is 19.5 Å². The summed E-state index contributed by atoms with van der Waals surface area (Å²) in [5.74, 6) is -0.770. The normalized spacial score (nSPS) is 23.5. The Balaban J connectivity index is 2.01. The van der Waals surface area contributed by atoms with Gasteiger partial charge >= 0.3 is 11.9 Å². The van der Waals surface area contributed by atoms with E-state index in [2.05, 4.69) is 20.8 Å². The number of halogens is 1. The van der Waals surface area contributed by atoms with Gasteiger partial charge in [0.15, 0.2) is 0 Å². The number of anilines is 1. The summed E-state index contributed by atoms with van der Waals surface area (Å²) in [6.07, 6.45) is 0.819. The van der Waals surface area contributed by atoms with Crippen LogP contribution in [0, 0.1) is 0 Å². The van der Waals surface area contributed by atoms with Crippen molar-refractivity contribution in [3.63, 3.8) is 0 Å². The lowest BCUT2D eigenvalue weighted by Crippen LogP contribution is -2.49. The van der Waals surface area contributed by atoms with Crippen LogP contribution >= 0.6 is 15.9 Å². The van der Waals surface area contributed by atoms with E-state index >= 15 is 0 Å². The van der Waals surface area contributed by atoms with Crippen LogP contribution in [0.2, 0.25) is 0 Å². The highest BCUT2D eigenvalue weighted by Gasteiger charge is 2.40. The number of hydrogen-bond donors (Lipinski definition) is 1. The smallest absolute Gasteiger partial charge is 0.337 e. The lowest BCUT2D eigenvalue weighted by molar-refractivity contribution is -0.161. The maximum Gasteiger partial charge on any atom is 0.337 e. The van der Waals surface area contributed by atoms with Gasteiger partial charge in [-0.05, 0) is 51.5 Å². The van der Waals surface area contributed by atoms with Gasteiger partial charge in [-0.1, -0.05) is 15.9 Å². The molecule has 0 aliphatic carbocycles. The molecular weight excluding hydrogens is 402 g/mol. The third kappa shape index (κ3) is 5.45. The van der Waals surface area contributed by atoms with E-state index in [1.807, 2.05) is 32.9 Å². The van der Waals surface area contributed by atoms with Crippen molar-refractivity contribution in [3.05, 3.63) is 29.8 Å². The third-order valence-electron chi connectivity index (χ3n) is 4.22. The van der Waals surface area contributed by atoms with Gasteiger partial charge in [-0.15, -0.1) is 0 Å². The molecule has 26 heavy (non-hydrogen) atoms. The molecule has 1 aliphatic heterocycles. The van der Waals surface area contributed by atoms with Gasteiger partial charge in [0.1, 0.15) is 5.60 Å². The zero-order valence-corrected chi connectivity index (χ0v) is 17.2. The Labute approximate surface area is 162 Å². The van der Waals surface area contributed by atoms with Crippen LogP contribution < -0.4 is 4.90 Å². The summed E-state index contributed by atoms with van der Waals surface area (Å²) >= 11 is 3.60. The molecule has 0 amide bonds. The number of aliphatic hydroxyl groups is 1. The number of hydrogen-bond acceptors (Lipinski definition) is 6. The third-order valence-corrected chi connectivity index (χ3v) is 5.04. The van der Waals surface area contributed by atoms with Gasteiger partial charge in [0.05, 0.1) is 29.6 Å². The predicted octanol–water partition coefficient (Wildman–Crippen LogP) is 3.26. The van der Waals surface area contributed by atoms with Gasteiger partial charge in [0.25, 0.3) is 0 Å². The zero-order valence-electron chi connectivity index (χ0n) is 15.6. The first kappa shape index (κ1) is 20.7. The van der Waals surface area contributed by atoms with Gasteiger partial charge in [-0.25, -0.2) is 4.79 Å². The summed E-state index contributed by atoms with van der Waals surface area (Å²) in [4.78, 5) is 25.6. The van der Waals surface area contributed by atoms with E-state index in [-0.39, 0.29) is 17.3 Å². The van der Waals surface area contributed by atoms with Crippen LogP contribution in [-0.4, -0.2) is 46.9 Å². The first-order chi connectivity index (χ1) is 12.0. The molecule has 2 unspecified atom stereocenters. The van der Waals surface area contributed by atoms with Crippen LogP contribution in [0.1, 0.15) is 50.4 Å². The number of nitrogens with zero attached hydrogens (tertiary/aromatic N) is 1. The lowest BCUT2D eigenvalue weighted by atomic mass is 9.88. The summed E-state index contributed by atoms with van der Waals surface area (Å²) in [5.41, 5.74) is -0.248. The zero-order chi connectivity index (χ0) is 19.5. The van der Waals surface area contributed by atoms with Gasteiger partial charge in [0.2, 0.25) is 0 Å². The Hall–Kier alpha value is -1.60. The number of carbonyl (C=O) groups is 2. The maximum atomic E-state index is 12.1. The topological polar surface area (TPSA) is 76.1 Å². The number of rotatable bonds is 4. The van der Waals surface area contributed by atoms with Crippen LogP contribution in [0.15, 0.2) is 24.3 Å². The Kier molecular flexibility index (Phi) is 6.34. The van der Waals surface area contributed by atoms with Crippen molar-refractivity contribution in [1.29, 1.82) is 0 Å². The summed E-state index contributed by atoms with van der Waals surface area (Å²) < 4.78 is 10.0. The molecule has 1 fully saturated rings. The first-order valence-corrected chi connectivity index (χ1v) is 9.48. The number of piperidine rings is 1. The van der Waals surface area contributed by atoms with Crippen LogP contribution in [0.3, 0.4) is 0 Å². The lowest BCUT2D eigenvalue weighted by Gasteiger charge is -2.42. The molecule has 0 radical (unpaired) electrons. The highest BCUT2D eigenvalue weighted by Crippen LogP contribution is 2.36. The number of carbonyl (C=O) groups excluding carboxylic acids is 2. The Morgan fingerprint density at radius 2 is 1.92 bits per heavy atom. The Bertz CT molecular complexity index is 655. The van der Waals surface area contributed by atoms with Gasteiger partial charge in [-0.2, -0.15) is 0 Å². The summed E-state index contributed by atoms with van der Waals surface area (Å²) in [7, 11) is 1.35. The molecule has 1 saturated heterocycles. The van der Waals surface area contributed by atoms with Crippen LogP contribution in [0.5, 0.6) is 0 Å². The highest BCUT2D eigenvalue weighted by atomic mass is 79.9. The van der Waals surface area contributed by atoms with Crippen molar-refractivity contribution in [3.8, 4) is 0 Å². The molecule has 0 saturated carbocycles. The molecule has 0 spiro atoms. The van der Waals surface area contributed by atoms with Crippen molar-refractivity contribution in [2.45, 2.75) is 56.2 Å². The van der Waals surface area contributed by atoms with E-state index in [1.165, 1.54) is 7.11 Å². The average Bonchev–Trinajstić information content (AvgIpc) is 2.52. The van der Waals surface area contributed by atoms with Crippen molar-refractivity contribution in [1.82, 2.24) is 0 Å². The Morgan fingerprint density at radius 1 is 1.31 bits per heavy atom. The van der Waals surface area contributed by atoms with E-state index in [0.29, 0.717) is 24.9 Å².